The van der Waals surface area contributed by atoms with Gasteiger partial charge in [0.25, 0.3) is 0 Å². The van der Waals surface area contributed by atoms with E-state index in [1.807, 2.05) is 30.3 Å². The highest BCUT2D eigenvalue weighted by molar-refractivity contribution is 6.19. The van der Waals surface area contributed by atoms with Crippen molar-refractivity contribution in [2.45, 2.75) is 6.61 Å². The van der Waals surface area contributed by atoms with Gasteiger partial charge in [-0.15, -0.1) is 0 Å². The van der Waals surface area contributed by atoms with E-state index >= 15 is 0 Å². The van der Waals surface area contributed by atoms with E-state index in [1.54, 1.807) is 24.3 Å². The molecule has 0 unspecified atom stereocenters. The van der Waals surface area contributed by atoms with Gasteiger partial charge >= 0.3 is 11.9 Å². The Morgan fingerprint density at radius 3 is 2.32 bits per heavy atom. The zero-order valence-corrected chi connectivity index (χ0v) is 15.3. The van der Waals surface area contributed by atoms with Crippen LogP contribution in [0.4, 0.5) is 0 Å². The SMILES string of the molecule is COC(=O)/C(=C1\OC(=O)C(O)=C1OC)c1ccc(OCc2ccccc2)cc1. The third kappa shape index (κ3) is 3.83. The Morgan fingerprint density at radius 1 is 1.04 bits per heavy atom. The second-order valence-electron chi connectivity index (χ2n) is 5.77. The Bertz CT molecular complexity index is 940. The molecular weight excluding hydrogens is 364 g/mol. The third-order valence-corrected chi connectivity index (χ3v) is 4.02. The van der Waals surface area contributed by atoms with Crippen LogP contribution in [0.5, 0.6) is 5.75 Å². The number of benzene rings is 2. The maximum Gasteiger partial charge on any atom is 0.383 e. The summed E-state index contributed by atoms with van der Waals surface area (Å²) in [6, 6.07) is 16.3. The summed E-state index contributed by atoms with van der Waals surface area (Å²) >= 11 is 0. The molecule has 1 heterocycles. The zero-order chi connectivity index (χ0) is 20.1. The van der Waals surface area contributed by atoms with E-state index in [0.29, 0.717) is 17.9 Å². The van der Waals surface area contributed by atoms with Gasteiger partial charge in [-0.25, -0.2) is 9.59 Å². The molecular formula is C21H18O7. The number of esters is 2. The molecule has 0 bridgehead atoms. The fourth-order valence-corrected chi connectivity index (χ4v) is 2.64. The van der Waals surface area contributed by atoms with Gasteiger partial charge in [-0.3, -0.25) is 0 Å². The molecule has 0 atom stereocenters. The summed E-state index contributed by atoms with van der Waals surface area (Å²) in [5, 5.41) is 9.77. The van der Waals surface area contributed by atoms with E-state index in [2.05, 4.69) is 0 Å². The van der Waals surface area contributed by atoms with Gasteiger partial charge in [-0.1, -0.05) is 42.5 Å². The lowest BCUT2D eigenvalue weighted by molar-refractivity contribution is -0.136. The quantitative estimate of drug-likeness (QED) is 0.606. The number of carbonyl (C=O) groups excluding carboxylic acids is 2. The summed E-state index contributed by atoms with van der Waals surface area (Å²) in [7, 11) is 2.45. The van der Waals surface area contributed by atoms with Crippen molar-refractivity contribution in [3.8, 4) is 5.75 Å². The van der Waals surface area contributed by atoms with Crippen LogP contribution >= 0.6 is 0 Å². The molecule has 0 aliphatic carbocycles. The van der Waals surface area contributed by atoms with Gasteiger partial charge in [-0.2, -0.15) is 0 Å². The number of aliphatic hydroxyl groups is 1. The molecule has 144 valence electrons. The van der Waals surface area contributed by atoms with Crippen LogP contribution in [-0.2, 0) is 30.4 Å². The molecule has 1 aliphatic heterocycles. The monoisotopic (exact) mass is 382 g/mol. The van der Waals surface area contributed by atoms with E-state index in [4.69, 9.17) is 18.9 Å². The molecule has 0 aromatic heterocycles. The van der Waals surface area contributed by atoms with Gasteiger partial charge in [-0.05, 0) is 23.3 Å². The predicted molar refractivity (Wildman–Crippen MR) is 98.9 cm³/mol. The fraction of sp³-hybridized carbons (Fsp3) is 0.143. The fourth-order valence-electron chi connectivity index (χ4n) is 2.64. The molecule has 0 amide bonds. The van der Waals surface area contributed by atoms with Gasteiger partial charge < -0.3 is 24.1 Å². The smallest absolute Gasteiger partial charge is 0.383 e. The molecule has 0 saturated carbocycles. The molecule has 0 saturated heterocycles. The van der Waals surface area contributed by atoms with Crippen LogP contribution in [0.3, 0.4) is 0 Å². The van der Waals surface area contributed by atoms with Gasteiger partial charge in [0.1, 0.15) is 17.9 Å². The maximum atomic E-state index is 12.3. The molecule has 2 aromatic rings. The first-order chi connectivity index (χ1) is 13.5. The number of methoxy groups -OCH3 is 2. The summed E-state index contributed by atoms with van der Waals surface area (Å²) in [5.74, 6) is -2.29. The second kappa shape index (κ2) is 8.30. The van der Waals surface area contributed by atoms with Crippen molar-refractivity contribution in [1.82, 2.24) is 0 Å². The van der Waals surface area contributed by atoms with Crippen molar-refractivity contribution in [2.24, 2.45) is 0 Å². The highest BCUT2D eigenvalue weighted by Gasteiger charge is 2.36. The van der Waals surface area contributed by atoms with E-state index < -0.39 is 17.7 Å². The lowest BCUT2D eigenvalue weighted by atomic mass is 10.0. The van der Waals surface area contributed by atoms with Crippen LogP contribution in [0, 0.1) is 0 Å². The summed E-state index contributed by atoms with van der Waals surface area (Å²) < 4.78 is 20.5. The largest absolute Gasteiger partial charge is 0.499 e. The van der Waals surface area contributed by atoms with E-state index in [1.165, 1.54) is 14.2 Å². The molecule has 1 aliphatic rings. The second-order valence-corrected chi connectivity index (χ2v) is 5.77. The minimum absolute atomic E-state index is 0.0497. The Labute approximate surface area is 161 Å². The average Bonchev–Trinajstić information content (AvgIpc) is 3.01. The molecule has 7 heteroatoms. The number of rotatable bonds is 6. The minimum atomic E-state index is -1.00. The lowest BCUT2D eigenvalue weighted by Crippen LogP contribution is -2.09. The average molecular weight is 382 g/mol. The molecule has 7 nitrogen and oxygen atoms in total. The van der Waals surface area contributed by atoms with Crippen molar-refractivity contribution in [3.05, 3.63) is 83.0 Å². The predicted octanol–water partition coefficient (Wildman–Crippen LogP) is 3.12. The topological polar surface area (TPSA) is 91.3 Å². The Kier molecular flexibility index (Phi) is 5.64. The standard InChI is InChI=1S/C21H18O7/c1-25-19-17(22)21(24)28-18(19)16(20(23)26-2)14-8-10-15(11-9-14)27-12-13-6-4-3-5-7-13/h3-11,22H,12H2,1-2H3/b18-16-. The first-order valence-corrected chi connectivity index (χ1v) is 8.34. The van der Waals surface area contributed by atoms with Crippen LogP contribution in [-0.4, -0.2) is 31.3 Å². The Hall–Kier alpha value is -3.74. The summed E-state index contributed by atoms with van der Waals surface area (Å²) in [4.78, 5) is 24.0. The van der Waals surface area contributed by atoms with Crippen LogP contribution in [0.2, 0.25) is 0 Å². The number of cyclic esters (lactones) is 1. The first-order valence-electron chi connectivity index (χ1n) is 8.34. The first kappa shape index (κ1) is 19.0. The van der Waals surface area contributed by atoms with Gasteiger partial charge in [0, 0.05) is 0 Å². The number of ether oxygens (including phenoxy) is 4. The van der Waals surface area contributed by atoms with E-state index in [-0.39, 0.29) is 17.1 Å². The summed E-state index contributed by atoms with van der Waals surface area (Å²) in [6.45, 7) is 0.396. The summed E-state index contributed by atoms with van der Waals surface area (Å²) in [5.41, 5.74) is 1.38. The number of hydrogen-bond acceptors (Lipinski definition) is 7. The van der Waals surface area contributed by atoms with E-state index in [9.17, 15) is 14.7 Å². The minimum Gasteiger partial charge on any atom is -0.499 e. The number of aliphatic hydroxyl groups excluding tert-OH is 1. The van der Waals surface area contributed by atoms with Crippen LogP contribution in [0.1, 0.15) is 11.1 Å². The molecule has 28 heavy (non-hydrogen) atoms. The summed E-state index contributed by atoms with van der Waals surface area (Å²) in [6.07, 6.45) is 0. The molecule has 2 aromatic carbocycles. The number of hydrogen-bond donors (Lipinski definition) is 1. The molecule has 0 radical (unpaired) electrons. The van der Waals surface area contributed by atoms with Crippen molar-refractivity contribution >= 4 is 17.5 Å². The van der Waals surface area contributed by atoms with Crippen LogP contribution in [0.15, 0.2) is 71.9 Å². The molecule has 1 N–H and O–H groups in total. The van der Waals surface area contributed by atoms with E-state index in [0.717, 1.165) is 5.56 Å². The van der Waals surface area contributed by atoms with Crippen molar-refractivity contribution < 1.29 is 33.6 Å². The van der Waals surface area contributed by atoms with Gasteiger partial charge in [0.2, 0.25) is 11.5 Å². The molecule has 0 spiro atoms. The van der Waals surface area contributed by atoms with Crippen molar-refractivity contribution in [2.75, 3.05) is 14.2 Å². The van der Waals surface area contributed by atoms with Gasteiger partial charge in [0.05, 0.1) is 14.2 Å². The normalized spacial score (nSPS) is 15.1. The molecule has 3 rings (SSSR count). The zero-order valence-electron chi connectivity index (χ0n) is 15.3. The maximum absolute atomic E-state index is 12.3. The Morgan fingerprint density at radius 2 is 1.71 bits per heavy atom. The van der Waals surface area contributed by atoms with Crippen LogP contribution < -0.4 is 4.74 Å². The third-order valence-electron chi connectivity index (χ3n) is 4.02. The highest BCUT2D eigenvalue weighted by atomic mass is 16.6. The number of carbonyl (C=O) groups is 2. The van der Waals surface area contributed by atoms with Crippen molar-refractivity contribution in [1.29, 1.82) is 0 Å². The van der Waals surface area contributed by atoms with Gasteiger partial charge in [0.15, 0.2) is 5.76 Å². The Balaban J connectivity index is 1.89. The van der Waals surface area contributed by atoms with Crippen molar-refractivity contribution in [3.63, 3.8) is 0 Å². The van der Waals surface area contributed by atoms with Crippen LogP contribution in [0.25, 0.3) is 5.57 Å². The highest BCUT2D eigenvalue weighted by Crippen LogP contribution is 2.33. The molecule has 0 fully saturated rings. The lowest BCUT2D eigenvalue weighted by Gasteiger charge is -2.12.